The van der Waals surface area contributed by atoms with Crippen molar-refractivity contribution in [2.24, 2.45) is 0 Å². The van der Waals surface area contributed by atoms with Crippen LogP contribution < -0.4 is 0 Å². The first kappa shape index (κ1) is 19.9. The van der Waals surface area contributed by atoms with Crippen molar-refractivity contribution >= 4 is 57.9 Å². The zero-order chi connectivity index (χ0) is 19.7. The second-order valence-corrected chi connectivity index (χ2v) is 7.72. The van der Waals surface area contributed by atoms with E-state index in [2.05, 4.69) is 4.98 Å². The first-order valence-corrected chi connectivity index (χ1v) is 9.75. The summed E-state index contributed by atoms with van der Waals surface area (Å²) in [5.41, 5.74) is 1.98. The molecule has 0 N–H and O–H groups in total. The number of halogens is 3. The Morgan fingerprint density at radius 2 is 1.89 bits per heavy atom. The predicted octanol–water partition coefficient (Wildman–Crippen LogP) is 5.55. The van der Waals surface area contributed by atoms with Crippen molar-refractivity contribution in [3.8, 4) is 5.13 Å². The van der Waals surface area contributed by atoms with E-state index >= 15 is 0 Å². The maximum Gasteiger partial charge on any atom is 0.341 e. The molecule has 9 heteroatoms. The average Bonchev–Trinajstić information content (AvgIpc) is 3.24. The normalized spacial score (nSPS) is 10.9. The van der Waals surface area contributed by atoms with Crippen LogP contribution in [0.5, 0.6) is 0 Å². The van der Waals surface area contributed by atoms with E-state index in [1.54, 1.807) is 12.3 Å². The number of aromatic nitrogens is 2. The number of carbonyl (C=O) groups is 2. The number of Topliss-reactive ketones (excluding diaryl/α,β-unsaturated/α-hetero) is 1. The molecule has 0 aliphatic heterocycles. The van der Waals surface area contributed by atoms with Crippen molar-refractivity contribution in [1.82, 2.24) is 9.55 Å². The number of nitrogens with zero attached hydrogens (tertiary/aromatic N) is 2. The molecule has 1 aromatic carbocycles. The summed E-state index contributed by atoms with van der Waals surface area (Å²) in [6.07, 6.45) is 1.70. The first-order valence-electron chi connectivity index (χ1n) is 7.74. The van der Waals surface area contributed by atoms with Crippen molar-refractivity contribution in [1.29, 1.82) is 0 Å². The maximum atomic E-state index is 12.6. The summed E-state index contributed by atoms with van der Waals surface area (Å²) < 4.78 is 7.00. The SMILES string of the molecule is Cc1cc(C(=O)COC(=O)c2c(Cl)ccc(Cl)c2Cl)c(C)n1-c1nccs1. The summed E-state index contributed by atoms with van der Waals surface area (Å²) in [5.74, 6) is -1.15. The van der Waals surface area contributed by atoms with Crippen molar-refractivity contribution in [3.05, 3.63) is 67.4 Å². The van der Waals surface area contributed by atoms with Crippen LogP contribution in [0.4, 0.5) is 0 Å². The Bertz CT molecular complexity index is 1030. The van der Waals surface area contributed by atoms with Crippen LogP contribution in [0.15, 0.2) is 29.8 Å². The molecule has 0 unspecified atom stereocenters. The van der Waals surface area contributed by atoms with Crippen molar-refractivity contribution in [3.63, 3.8) is 0 Å². The average molecular weight is 444 g/mol. The Labute approximate surface area is 174 Å². The van der Waals surface area contributed by atoms with Gasteiger partial charge in [0, 0.05) is 28.5 Å². The number of ketones is 1. The third-order valence-corrected chi connectivity index (χ3v) is 5.80. The number of benzene rings is 1. The molecule has 0 spiro atoms. The summed E-state index contributed by atoms with van der Waals surface area (Å²) in [4.78, 5) is 29.1. The molecule has 0 bridgehead atoms. The van der Waals surface area contributed by atoms with Crippen molar-refractivity contribution < 1.29 is 14.3 Å². The van der Waals surface area contributed by atoms with Crippen LogP contribution in [0.25, 0.3) is 5.13 Å². The minimum atomic E-state index is -0.811. The summed E-state index contributed by atoms with van der Waals surface area (Å²) in [7, 11) is 0. The third-order valence-electron chi connectivity index (χ3n) is 3.92. The van der Waals surface area contributed by atoms with Crippen LogP contribution in [-0.2, 0) is 4.74 Å². The Morgan fingerprint density at radius 1 is 1.19 bits per heavy atom. The molecule has 5 nitrogen and oxygen atoms in total. The predicted molar refractivity (Wildman–Crippen MR) is 107 cm³/mol. The second kappa shape index (κ2) is 8.02. The lowest BCUT2D eigenvalue weighted by Crippen LogP contribution is -2.15. The van der Waals surface area contributed by atoms with Crippen LogP contribution in [0.3, 0.4) is 0 Å². The molecule has 3 aromatic rings. The van der Waals surface area contributed by atoms with Gasteiger partial charge in [-0.25, -0.2) is 9.78 Å². The Kier molecular flexibility index (Phi) is 5.91. The van der Waals surface area contributed by atoms with Gasteiger partial charge in [0.2, 0.25) is 5.78 Å². The highest BCUT2D eigenvalue weighted by Gasteiger charge is 2.22. The standard InChI is InChI=1S/C18H13Cl3N2O3S/c1-9-7-11(10(2)23(9)18-22-5-6-27-18)14(24)8-26-17(25)15-12(19)3-4-13(20)16(15)21/h3-7H,8H2,1-2H3. The van der Waals surface area contributed by atoms with Gasteiger partial charge < -0.3 is 4.74 Å². The second-order valence-electron chi connectivity index (χ2n) is 5.65. The van der Waals surface area contributed by atoms with Crippen molar-refractivity contribution in [2.75, 3.05) is 6.61 Å². The van der Waals surface area contributed by atoms with Gasteiger partial charge in [-0.1, -0.05) is 34.8 Å². The van der Waals surface area contributed by atoms with E-state index in [0.717, 1.165) is 16.5 Å². The molecule has 0 amide bonds. The zero-order valence-corrected chi connectivity index (χ0v) is 17.3. The van der Waals surface area contributed by atoms with Gasteiger partial charge in [-0.15, -0.1) is 11.3 Å². The molecule has 0 saturated carbocycles. The molecule has 3 rings (SSSR count). The molecule has 0 aliphatic carbocycles. The van der Waals surface area contributed by atoms with Crippen LogP contribution in [-0.4, -0.2) is 27.9 Å². The number of esters is 1. The molecule has 2 heterocycles. The molecule has 0 atom stereocenters. The van der Waals surface area contributed by atoms with Gasteiger partial charge in [-0.05, 0) is 32.0 Å². The smallest absolute Gasteiger partial charge is 0.341 e. The van der Waals surface area contributed by atoms with E-state index in [4.69, 9.17) is 39.5 Å². The fraction of sp³-hybridized carbons (Fsp3) is 0.167. The van der Waals surface area contributed by atoms with Gasteiger partial charge in [0.15, 0.2) is 11.7 Å². The highest BCUT2D eigenvalue weighted by Crippen LogP contribution is 2.32. The topological polar surface area (TPSA) is 61.2 Å². The quantitative estimate of drug-likeness (QED) is 0.295. The Morgan fingerprint density at radius 3 is 2.56 bits per heavy atom. The highest BCUT2D eigenvalue weighted by molar-refractivity contribution is 7.12. The number of carbonyl (C=O) groups excluding carboxylic acids is 2. The molecule has 0 aliphatic rings. The van der Waals surface area contributed by atoms with Crippen LogP contribution in [0.2, 0.25) is 15.1 Å². The lowest BCUT2D eigenvalue weighted by atomic mass is 10.1. The number of hydrogen-bond donors (Lipinski definition) is 0. The highest BCUT2D eigenvalue weighted by atomic mass is 35.5. The van der Waals surface area contributed by atoms with Gasteiger partial charge in [-0.3, -0.25) is 9.36 Å². The fourth-order valence-electron chi connectivity index (χ4n) is 2.66. The third kappa shape index (κ3) is 3.89. The van der Waals surface area contributed by atoms with E-state index in [1.165, 1.54) is 23.5 Å². The lowest BCUT2D eigenvalue weighted by molar-refractivity contribution is 0.0475. The summed E-state index contributed by atoms with van der Waals surface area (Å²) in [6, 6.07) is 4.66. The fourth-order valence-corrected chi connectivity index (χ4v) is 4.09. The monoisotopic (exact) mass is 442 g/mol. The minimum Gasteiger partial charge on any atom is -0.454 e. The van der Waals surface area contributed by atoms with E-state index in [-0.39, 0.29) is 26.4 Å². The number of hydrogen-bond acceptors (Lipinski definition) is 5. The van der Waals surface area contributed by atoms with E-state index in [0.29, 0.717) is 5.56 Å². The summed E-state index contributed by atoms with van der Waals surface area (Å²) >= 11 is 19.4. The zero-order valence-electron chi connectivity index (χ0n) is 14.3. The minimum absolute atomic E-state index is 0.0106. The van der Waals surface area contributed by atoms with Crippen LogP contribution in [0.1, 0.15) is 32.1 Å². The van der Waals surface area contributed by atoms with Gasteiger partial charge in [0.1, 0.15) is 0 Å². The van der Waals surface area contributed by atoms with Crippen LogP contribution in [0, 0.1) is 13.8 Å². The van der Waals surface area contributed by atoms with Gasteiger partial charge in [0.25, 0.3) is 0 Å². The first-order chi connectivity index (χ1) is 12.8. The number of aryl methyl sites for hydroxylation is 1. The molecule has 2 aromatic heterocycles. The molecule has 0 fully saturated rings. The van der Waals surface area contributed by atoms with Gasteiger partial charge >= 0.3 is 5.97 Å². The van der Waals surface area contributed by atoms with E-state index in [1.807, 2.05) is 23.8 Å². The largest absolute Gasteiger partial charge is 0.454 e. The summed E-state index contributed by atoms with van der Waals surface area (Å²) in [6.45, 7) is 3.25. The van der Waals surface area contributed by atoms with Crippen molar-refractivity contribution in [2.45, 2.75) is 13.8 Å². The molecule has 0 saturated heterocycles. The number of rotatable bonds is 5. The number of ether oxygens (including phenoxy) is 1. The van der Waals surface area contributed by atoms with Gasteiger partial charge in [0.05, 0.1) is 20.6 Å². The maximum absolute atomic E-state index is 12.6. The Balaban J connectivity index is 1.79. The van der Waals surface area contributed by atoms with Gasteiger partial charge in [-0.2, -0.15) is 0 Å². The molecular weight excluding hydrogens is 431 g/mol. The van der Waals surface area contributed by atoms with Crippen LogP contribution >= 0.6 is 46.1 Å². The molecule has 27 heavy (non-hydrogen) atoms. The molecular formula is C18H13Cl3N2O3S. The molecule has 140 valence electrons. The molecule has 0 radical (unpaired) electrons. The van der Waals surface area contributed by atoms with E-state index < -0.39 is 12.6 Å². The van der Waals surface area contributed by atoms with E-state index in [9.17, 15) is 9.59 Å². The Hall–Kier alpha value is -1.86. The lowest BCUT2D eigenvalue weighted by Gasteiger charge is -2.09. The number of thiazole rings is 1. The summed E-state index contributed by atoms with van der Waals surface area (Å²) in [5, 5.41) is 2.88.